The van der Waals surface area contributed by atoms with Gasteiger partial charge in [0.15, 0.2) is 11.5 Å². The molecule has 1 atom stereocenters. The third-order valence-electron chi connectivity index (χ3n) is 3.93. The molecule has 3 aromatic rings. The SMILES string of the molecule is O=C(c1cnccn1)N1CCC[C@H]1c1nnc2ccccn12. The van der Waals surface area contributed by atoms with E-state index in [1.54, 1.807) is 6.20 Å². The van der Waals surface area contributed by atoms with E-state index >= 15 is 0 Å². The first-order chi connectivity index (χ1) is 10.8. The van der Waals surface area contributed by atoms with Crippen LogP contribution < -0.4 is 0 Å². The number of hydrogen-bond donors (Lipinski definition) is 0. The molecule has 1 fully saturated rings. The zero-order valence-corrected chi connectivity index (χ0v) is 11.8. The number of amides is 1. The van der Waals surface area contributed by atoms with E-state index in [9.17, 15) is 4.79 Å². The summed E-state index contributed by atoms with van der Waals surface area (Å²) in [7, 11) is 0. The maximum atomic E-state index is 12.7. The summed E-state index contributed by atoms with van der Waals surface area (Å²) < 4.78 is 1.94. The maximum Gasteiger partial charge on any atom is 0.274 e. The third-order valence-corrected chi connectivity index (χ3v) is 3.93. The fourth-order valence-corrected chi connectivity index (χ4v) is 2.92. The Balaban J connectivity index is 1.71. The van der Waals surface area contributed by atoms with Crippen LogP contribution in [0.4, 0.5) is 0 Å². The Bertz CT molecular complexity index is 815. The largest absolute Gasteiger partial charge is 0.327 e. The van der Waals surface area contributed by atoms with E-state index in [4.69, 9.17) is 0 Å². The maximum absolute atomic E-state index is 12.7. The molecular weight excluding hydrogens is 280 g/mol. The van der Waals surface area contributed by atoms with E-state index in [1.807, 2.05) is 33.7 Å². The number of nitrogens with zero attached hydrogens (tertiary/aromatic N) is 6. The van der Waals surface area contributed by atoms with Crippen molar-refractivity contribution in [3.05, 3.63) is 54.5 Å². The van der Waals surface area contributed by atoms with Gasteiger partial charge in [-0.15, -0.1) is 10.2 Å². The van der Waals surface area contributed by atoms with E-state index < -0.39 is 0 Å². The molecule has 1 aliphatic heterocycles. The van der Waals surface area contributed by atoms with E-state index in [1.165, 1.54) is 12.4 Å². The van der Waals surface area contributed by atoms with Crippen LogP contribution in [0.3, 0.4) is 0 Å². The van der Waals surface area contributed by atoms with Crippen molar-refractivity contribution in [2.24, 2.45) is 0 Å². The number of hydrogen-bond acceptors (Lipinski definition) is 5. The molecule has 4 rings (SSSR count). The molecule has 0 spiro atoms. The zero-order valence-electron chi connectivity index (χ0n) is 11.8. The van der Waals surface area contributed by atoms with Crippen LogP contribution in [0.15, 0.2) is 43.0 Å². The van der Waals surface area contributed by atoms with Gasteiger partial charge in [-0.25, -0.2) is 4.98 Å². The summed E-state index contributed by atoms with van der Waals surface area (Å²) in [5.41, 5.74) is 1.15. The smallest absolute Gasteiger partial charge is 0.274 e. The van der Waals surface area contributed by atoms with Crippen LogP contribution in [0.2, 0.25) is 0 Å². The monoisotopic (exact) mass is 294 g/mol. The number of carbonyl (C=O) groups excluding carboxylic acids is 1. The lowest BCUT2D eigenvalue weighted by molar-refractivity contribution is 0.0722. The molecule has 3 aromatic heterocycles. The fourth-order valence-electron chi connectivity index (χ4n) is 2.92. The van der Waals surface area contributed by atoms with Gasteiger partial charge in [0.25, 0.3) is 5.91 Å². The van der Waals surface area contributed by atoms with Gasteiger partial charge in [0.1, 0.15) is 5.69 Å². The molecule has 0 unspecified atom stereocenters. The highest BCUT2D eigenvalue weighted by Gasteiger charge is 2.34. The van der Waals surface area contributed by atoms with Crippen molar-refractivity contribution in [1.29, 1.82) is 0 Å². The molecule has 7 nitrogen and oxygen atoms in total. The van der Waals surface area contributed by atoms with E-state index in [2.05, 4.69) is 20.2 Å². The number of aromatic nitrogens is 5. The minimum absolute atomic E-state index is 0.0769. The third kappa shape index (κ3) is 2.02. The van der Waals surface area contributed by atoms with Gasteiger partial charge in [-0.05, 0) is 25.0 Å². The van der Waals surface area contributed by atoms with Gasteiger partial charge in [-0.2, -0.15) is 0 Å². The normalized spacial score (nSPS) is 18.0. The summed E-state index contributed by atoms with van der Waals surface area (Å²) >= 11 is 0. The molecule has 1 aliphatic rings. The lowest BCUT2D eigenvalue weighted by atomic mass is 10.2. The topological polar surface area (TPSA) is 76.3 Å². The van der Waals surface area contributed by atoms with Crippen molar-refractivity contribution in [3.8, 4) is 0 Å². The number of fused-ring (bicyclic) bond motifs is 1. The standard InChI is InChI=1S/C15H14N6O/c22-15(11-10-16-6-7-17-11)20-9-3-4-12(20)14-19-18-13-5-1-2-8-21(13)14/h1-2,5-8,10,12H,3-4,9H2/t12-/m0/s1. The Morgan fingerprint density at radius 3 is 3.05 bits per heavy atom. The fraction of sp³-hybridized carbons (Fsp3) is 0.267. The van der Waals surface area contributed by atoms with Crippen LogP contribution in [0, 0.1) is 0 Å². The Morgan fingerprint density at radius 1 is 1.23 bits per heavy atom. The molecule has 0 aliphatic carbocycles. The molecule has 0 aromatic carbocycles. The van der Waals surface area contributed by atoms with E-state index in [0.717, 1.165) is 24.3 Å². The van der Waals surface area contributed by atoms with Gasteiger partial charge >= 0.3 is 0 Å². The number of carbonyl (C=O) groups is 1. The number of rotatable bonds is 2. The summed E-state index contributed by atoms with van der Waals surface area (Å²) in [6.07, 6.45) is 8.34. The highest BCUT2D eigenvalue weighted by atomic mass is 16.2. The number of pyridine rings is 1. The molecule has 4 heterocycles. The van der Waals surface area contributed by atoms with Gasteiger partial charge in [0, 0.05) is 25.1 Å². The first-order valence-corrected chi connectivity index (χ1v) is 7.21. The van der Waals surface area contributed by atoms with Gasteiger partial charge in [-0.3, -0.25) is 14.2 Å². The van der Waals surface area contributed by atoms with Crippen LogP contribution in [-0.4, -0.2) is 41.9 Å². The molecule has 1 amide bonds. The van der Waals surface area contributed by atoms with Crippen molar-refractivity contribution < 1.29 is 4.79 Å². The van der Waals surface area contributed by atoms with Crippen LogP contribution in [0.5, 0.6) is 0 Å². The van der Waals surface area contributed by atoms with Crippen LogP contribution in [0.1, 0.15) is 35.2 Å². The Morgan fingerprint density at radius 2 is 2.18 bits per heavy atom. The Hall–Kier alpha value is -2.83. The van der Waals surface area contributed by atoms with Crippen LogP contribution in [0.25, 0.3) is 5.65 Å². The average Bonchev–Trinajstić information content (AvgIpc) is 3.21. The summed E-state index contributed by atoms with van der Waals surface area (Å²) in [5.74, 6) is 0.689. The molecule has 0 saturated carbocycles. The van der Waals surface area contributed by atoms with Gasteiger partial charge in [0.05, 0.1) is 12.2 Å². The molecule has 7 heteroatoms. The predicted molar refractivity (Wildman–Crippen MR) is 78.0 cm³/mol. The second-order valence-corrected chi connectivity index (χ2v) is 5.23. The molecule has 0 bridgehead atoms. The minimum atomic E-state index is -0.108. The summed E-state index contributed by atoms with van der Waals surface area (Å²) in [5, 5.41) is 8.46. The highest BCUT2D eigenvalue weighted by molar-refractivity contribution is 5.92. The Labute approximate surface area is 126 Å². The van der Waals surface area contributed by atoms with Crippen molar-refractivity contribution >= 4 is 11.6 Å². The van der Waals surface area contributed by atoms with Crippen molar-refractivity contribution in [2.45, 2.75) is 18.9 Å². The van der Waals surface area contributed by atoms with Crippen LogP contribution in [-0.2, 0) is 0 Å². The van der Waals surface area contributed by atoms with Crippen molar-refractivity contribution in [1.82, 2.24) is 29.5 Å². The molecule has 0 radical (unpaired) electrons. The summed E-state index contributed by atoms with van der Waals surface area (Å²) in [4.78, 5) is 22.5. The zero-order chi connectivity index (χ0) is 14.9. The summed E-state index contributed by atoms with van der Waals surface area (Å²) in [6.45, 7) is 0.696. The van der Waals surface area contributed by atoms with Gasteiger partial charge < -0.3 is 4.90 Å². The molecule has 1 saturated heterocycles. The van der Waals surface area contributed by atoms with E-state index in [-0.39, 0.29) is 11.9 Å². The van der Waals surface area contributed by atoms with Gasteiger partial charge in [0.2, 0.25) is 0 Å². The molecule has 0 N–H and O–H groups in total. The van der Waals surface area contributed by atoms with Crippen molar-refractivity contribution in [2.75, 3.05) is 6.54 Å². The van der Waals surface area contributed by atoms with Crippen LogP contribution >= 0.6 is 0 Å². The molecule has 110 valence electrons. The lowest BCUT2D eigenvalue weighted by Crippen LogP contribution is -2.32. The second kappa shape index (κ2) is 5.18. The minimum Gasteiger partial charge on any atom is -0.327 e. The molecule has 22 heavy (non-hydrogen) atoms. The van der Waals surface area contributed by atoms with E-state index in [0.29, 0.717) is 12.2 Å². The lowest BCUT2D eigenvalue weighted by Gasteiger charge is -2.22. The first-order valence-electron chi connectivity index (χ1n) is 7.21. The molecular formula is C15H14N6O. The highest BCUT2D eigenvalue weighted by Crippen LogP contribution is 2.31. The quantitative estimate of drug-likeness (QED) is 0.716. The second-order valence-electron chi connectivity index (χ2n) is 5.23. The predicted octanol–water partition coefficient (Wildman–Crippen LogP) is 1.50. The van der Waals surface area contributed by atoms with Gasteiger partial charge in [-0.1, -0.05) is 6.07 Å². The average molecular weight is 294 g/mol. The Kier molecular flexibility index (Phi) is 3.03. The van der Waals surface area contributed by atoms with Crippen molar-refractivity contribution in [3.63, 3.8) is 0 Å². The number of likely N-dealkylation sites (tertiary alicyclic amines) is 1. The first kappa shape index (κ1) is 12.9. The summed E-state index contributed by atoms with van der Waals surface area (Å²) in [6, 6.07) is 5.68.